The van der Waals surface area contributed by atoms with Crippen LogP contribution in [0.2, 0.25) is 0 Å². The fourth-order valence-corrected chi connectivity index (χ4v) is 11.7. The van der Waals surface area contributed by atoms with E-state index < -0.39 is 7.14 Å². The Morgan fingerprint density at radius 3 is 2.06 bits per heavy atom. The van der Waals surface area contributed by atoms with Crippen LogP contribution in [0.15, 0.2) is 182 Å². The average Bonchev–Trinajstić information content (AvgIpc) is 3.53. The van der Waals surface area contributed by atoms with Gasteiger partial charge < -0.3 is 14.4 Å². The molecular formula is C48H37N2OP. The number of rotatable bonds is 5. The van der Waals surface area contributed by atoms with Crippen LogP contribution in [0.3, 0.4) is 0 Å². The lowest BCUT2D eigenvalue weighted by Gasteiger charge is -2.38. The van der Waals surface area contributed by atoms with E-state index >= 15 is 4.57 Å². The predicted molar refractivity (Wildman–Crippen MR) is 220 cm³/mol. The van der Waals surface area contributed by atoms with Crippen LogP contribution in [0.4, 0.5) is 17.1 Å². The Labute approximate surface area is 305 Å². The molecular weight excluding hydrogens is 652 g/mol. The van der Waals surface area contributed by atoms with E-state index in [0.717, 1.165) is 33.4 Å². The first kappa shape index (κ1) is 30.9. The number of hydrogen-bond donors (Lipinski definition) is 0. The van der Waals surface area contributed by atoms with Crippen LogP contribution in [0, 0.1) is 0 Å². The average molecular weight is 689 g/mol. The summed E-state index contributed by atoms with van der Waals surface area (Å²) >= 11 is 0. The molecule has 10 rings (SSSR count). The van der Waals surface area contributed by atoms with Gasteiger partial charge in [0.05, 0.1) is 17.1 Å². The first-order valence-electron chi connectivity index (χ1n) is 18.1. The van der Waals surface area contributed by atoms with E-state index in [4.69, 9.17) is 0 Å². The summed E-state index contributed by atoms with van der Waals surface area (Å²) in [6.45, 7) is 0. The lowest BCUT2D eigenvalue weighted by Crippen LogP contribution is -2.33. The normalized spacial score (nSPS) is 18.0. The number of hydrogen-bond acceptors (Lipinski definition) is 3. The molecule has 0 aromatic heterocycles. The second-order valence-electron chi connectivity index (χ2n) is 14.1. The topological polar surface area (TPSA) is 23.6 Å². The Morgan fingerprint density at radius 1 is 0.538 bits per heavy atom. The SMILES string of the molecule is CN1c2ccccc2N2c3cc(-c4cccc(-c5ccc6cc(P(=O)(c7ccccc7)C7C=CC=CC7)ccc6c5)c4)ccc3-c3ccccc3C12. The maximum absolute atomic E-state index is 15.1. The second-order valence-corrected chi connectivity index (χ2v) is 17.1. The Kier molecular flexibility index (Phi) is 7.20. The molecule has 0 saturated carbocycles. The van der Waals surface area contributed by atoms with Crippen molar-refractivity contribution in [2.45, 2.75) is 18.2 Å². The molecule has 1 aliphatic carbocycles. The molecule has 7 aromatic rings. The molecule has 52 heavy (non-hydrogen) atoms. The van der Waals surface area contributed by atoms with E-state index in [-0.39, 0.29) is 11.8 Å². The maximum Gasteiger partial charge on any atom is 0.150 e. The molecule has 3 unspecified atom stereocenters. The monoisotopic (exact) mass is 688 g/mol. The summed E-state index contributed by atoms with van der Waals surface area (Å²) in [6.07, 6.45) is 9.22. The minimum absolute atomic E-state index is 0.0512. The third-order valence-electron chi connectivity index (χ3n) is 11.2. The number of benzene rings is 7. The molecule has 0 N–H and O–H groups in total. The fourth-order valence-electron chi connectivity index (χ4n) is 8.63. The summed E-state index contributed by atoms with van der Waals surface area (Å²) in [5, 5.41) is 4.07. The highest BCUT2D eigenvalue weighted by Crippen LogP contribution is 2.57. The highest BCUT2D eigenvalue weighted by Gasteiger charge is 2.41. The van der Waals surface area contributed by atoms with E-state index in [2.05, 4.69) is 156 Å². The molecule has 0 amide bonds. The number of nitrogens with zero attached hydrogens (tertiary/aromatic N) is 2. The van der Waals surface area contributed by atoms with Gasteiger partial charge in [0.25, 0.3) is 0 Å². The zero-order valence-corrected chi connectivity index (χ0v) is 29.8. The van der Waals surface area contributed by atoms with Crippen molar-refractivity contribution in [3.63, 3.8) is 0 Å². The van der Waals surface area contributed by atoms with Gasteiger partial charge in [0.15, 0.2) is 0 Å². The van der Waals surface area contributed by atoms with Gasteiger partial charge in [-0.05, 0) is 81.4 Å². The van der Waals surface area contributed by atoms with Gasteiger partial charge in [0.2, 0.25) is 0 Å². The van der Waals surface area contributed by atoms with Crippen LogP contribution >= 0.6 is 7.14 Å². The first-order chi connectivity index (χ1) is 25.6. The Bertz CT molecular complexity index is 2640. The van der Waals surface area contributed by atoms with Crippen LogP contribution in [-0.4, -0.2) is 12.7 Å². The molecule has 3 aliphatic rings. The maximum atomic E-state index is 15.1. The Morgan fingerprint density at radius 2 is 1.23 bits per heavy atom. The van der Waals surface area contributed by atoms with Gasteiger partial charge in [-0.2, -0.15) is 0 Å². The van der Waals surface area contributed by atoms with Gasteiger partial charge >= 0.3 is 0 Å². The zero-order chi connectivity index (χ0) is 34.8. The Balaban J connectivity index is 1.02. The number of anilines is 3. The van der Waals surface area contributed by atoms with E-state index in [1.54, 1.807) is 0 Å². The van der Waals surface area contributed by atoms with Gasteiger partial charge in [-0.1, -0.05) is 146 Å². The van der Waals surface area contributed by atoms with Gasteiger partial charge in [0, 0.05) is 34.4 Å². The zero-order valence-electron chi connectivity index (χ0n) is 28.9. The lowest BCUT2D eigenvalue weighted by molar-refractivity contribution is 0.582. The number of fused-ring (bicyclic) bond motifs is 9. The number of para-hydroxylation sites is 2. The van der Waals surface area contributed by atoms with Crippen LogP contribution in [-0.2, 0) is 4.57 Å². The Hall–Kier alpha value is -5.89. The summed E-state index contributed by atoms with van der Waals surface area (Å²) in [5.74, 6) is 0. The van der Waals surface area contributed by atoms with E-state index in [9.17, 15) is 0 Å². The predicted octanol–water partition coefficient (Wildman–Crippen LogP) is 11.6. The smallest absolute Gasteiger partial charge is 0.150 e. The van der Waals surface area contributed by atoms with Crippen LogP contribution in [0.25, 0.3) is 44.2 Å². The van der Waals surface area contributed by atoms with Crippen molar-refractivity contribution in [2.24, 2.45) is 0 Å². The highest BCUT2D eigenvalue weighted by atomic mass is 31.2. The third kappa shape index (κ3) is 4.77. The van der Waals surface area contributed by atoms with Gasteiger partial charge in [0.1, 0.15) is 13.3 Å². The standard InChI is InChI=1S/C48H37N2OP/c1-49-45-21-10-11-22-46(45)50-47-32-38(26-28-43(47)42-19-8-9-20-44(42)48(49)50)34-14-12-13-33(29-34)35-23-24-37-31-41(27-25-36(37)30-35)52(51,39-15-4-2-5-16-39)40-17-6-3-7-18-40/h2-17,19-32,40,48H,18H2,1H3. The van der Waals surface area contributed by atoms with E-state index in [1.807, 2.05) is 42.5 Å². The second kappa shape index (κ2) is 12.1. The van der Waals surface area contributed by atoms with Crippen molar-refractivity contribution in [3.05, 3.63) is 188 Å². The summed E-state index contributed by atoms with van der Waals surface area (Å²) in [6, 6.07) is 56.5. The molecule has 250 valence electrons. The highest BCUT2D eigenvalue weighted by molar-refractivity contribution is 7.79. The van der Waals surface area contributed by atoms with Crippen LogP contribution in [0.1, 0.15) is 18.2 Å². The largest absolute Gasteiger partial charge is 0.348 e. The third-order valence-corrected chi connectivity index (χ3v) is 14.6. The molecule has 0 fully saturated rings. The van der Waals surface area contributed by atoms with Crippen molar-refractivity contribution in [1.82, 2.24) is 0 Å². The molecule has 0 saturated heterocycles. The van der Waals surface area contributed by atoms with Crippen molar-refractivity contribution in [3.8, 4) is 33.4 Å². The quantitative estimate of drug-likeness (QED) is 0.168. The number of allylic oxidation sites excluding steroid dienone is 4. The molecule has 3 atom stereocenters. The molecule has 0 radical (unpaired) electrons. The van der Waals surface area contributed by atoms with Crippen LogP contribution in [0.5, 0.6) is 0 Å². The van der Waals surface area contributed by atoms with Crippen molar-refractivity contribution in [2.75, 3.05) is 16.8 Å². The molecule has 0 bridgehead atoms. The minimum Gasteiger partial charge on any atom is -0.348 e. The van der Waals surface area contributed by atoms with Crippen LogP contribution < -0.4 is 20.4 Å². The lowest BCUT2D eigenvalue weighted by atomic mass is 9.89. The molecule has 2 heterocycles. The van der Waals surface area contributed by atoms with Crippen molar-refractivity contribution in [1.29, 1.82) is 0 Å². The van der Waals surface area contributed by atoms with Gasteiger partial charge in [-0.15, -0.1) is 0 Å². The summed E-state index contributed by atoms with van der Waals surface area (Å²) in [4.78, 5) is 4.91. The summed E-state index contributed by atoms with van der Waals surface area (Å²) in [7, 11) is -0.709. The molecule has 2 aliphatic heterocycles. The van der Waals surface area contributed by atoms with Crippen molar-refractivity contribution < 1.29 is 4.57 Å². The molecule has 0 spiro atoms. The first-order valence-corrected chi connectivity index (χ1v) is 19.8. The summed E-state index contributed by atoms with van der Waals surface area (Å²) in [5.41, 5.74) is 12.3. The molecule has 7 aromatic carbocycles. The van der Waals surface area contributed by atoms with Gasteiger partial charge in [-0.3, -0.25) is 0 Å². The molecule has 3 nitrogen and oxygen atoms in total. The molecule has 4 heteroatoms. The fraction of sp³-hybridized carbons (Fsp3) is 0.0833. The van der Waals surface area contributed by atoms with Gasteiger partial charge in [-0.25, -0.2) is 0 Å². The minimum atomic E-state index is -2.91. The van der Waals surface area contributed by atoms with E-state index in [1.165, 1.54) is 50.4 Å². The van der Waals surface area contributed by atoms with E-state index in [0.29, 0.717) is 0 Å². The van der Waals surface area contributed by atoms with Crippen molar-refractivity contribution >= 4 is 45.6 Å². The summed E-state index contributed by atoms with van der Waals surface area (Å²) < 4.78 is 15.1.